The lowest BCUT2D eigenvalue weighted by Gasteiger charge is -2.34. The lowest BCUT2D eigenvalue weighted by molar-refractivity contribution is 0.578. The van der Waals surface area contributed by atoms with E-state index in [-0.39, 0.29) is 5.41 Å². The van der Waals surface area contributed by atoms with Gasteiger partial charge < -0.3 is 4.57 Å². The highest BCUT2D eigenvalue weighted by molar-refractivity contribution is 6.05. The summed E-state index contributed by atoms with van der Waals surface area (Å²) in [5, 5.41) is 3.46. The molecule has 5 aromatic carbocycles. The van der Waals surface area contributed by atoms with Crippen LogP contribution in [0.5, 0.6) is 0 Å². The van der Waals surface area contributed by atoms with Crippen molar-refractivity contribution in [3.05, 3.63) is 155 Å². The fraction of sp³-hybridized carbons (Fsp3) is 0.167. The van der Waals surface area contributed by atoms with Crippen LogP contribution in [0.4, 0.5) is 4.39 Å². The predicted octanol–water partition coefficient (Wildman–Crippen LogP) is 10.4. The molecule has 2 unspecified atom stereocenters. The van der Waals surface area contributed by atoms with Crippen molar-refractivity contribution in [2.24, 2.45) is 5.92 Å². The predicted molar refractivity (Wildman–Crippen MR) is 212 cm³/mol. The second kappa shape index (κ2) is 11.6. The minimum atomic E-state index is -0.519. The highest BCUT2D eigenvalue weighted by atomic mass is 19.1. The summed E-state index contributed by atoms with van der Waals surface area (Å²) < 4.78 is 16.9. The SMILES string of the molecule is CC1=c2c(c3c4c(n(-c5cccc(-c6cc(-c7ccccc7)nc(-c7ccccc7)n6)c5)c3c/c2=C/CF)C=CC2CC42)-c2ccccc2C1(C)C. The van der Waals surface area contributed by atoms with Crippen LogP contribution >= 0.6 is 0 Å². The average molecular weight is 676 g/mol. The van der Waals surface area contributed by atoms with Gasteiger partial charge >= 0.3 is 0 Å². The van der Waals surface area contributed by atoms with Crippen molar-refractivity contribution < 1.29 is 4.39 Å². The van der Waals surface area contributed by atoms with Gasteiger partial charge in [-0.25, -0.2) is 14.4 Å². The van der Waals surface area contributed by atoms with E-state index in [0.29, 0.717) is 17.7 Å². The van der Waals surface area contributed by atoms with Gasteiger partial charge in [-0.2, -0.15) is 0 Å². The van der Waals surface area contributed by atoms with E-state index >= 15 is 0 Å². The number of hydrogen-bond donors (Lipinski definition) is 0. The summed E-state index contributed by atoms with van der Waals surface area (Å²) in [7, 11) is 0. The zero-order chi connectivity index (χ0) is 35.1. The van der Waals surface area contributed by atoms with E-state index in [1.807, 2.05) is 36.4 Å². The molecule has 1 fully saturated rings. The molecule has 1 saturated carbocycles. The molecule has 3 aliphatic carbocycles. The topological polar surface area (TPSA) is 30.7 Å². The Balaban J connectivity index is 1.26. The monoisotopic (exact) mass is 675 g/mol. The number of benzene rings is 5. The maximum absolute atomic E-state index is 14.4. The van der Waals surface area contributed by atoms with Crippen LogP contribution in [0.1, 0.15) is 49.9 Å². The maximum Gasteiger partial charge on any atom is 0.160 e. The zero-order valence-electron chi connectivity index (χ0n) is 29.6. The Morgan fingerprint density at radius 3 is 2.25 bits per heavy atom. The van der Waals surface area contributed by atoms with Crippen LogP contribution in [0.3, 0.4) is 0 Å². The Kier molecular flexibility index (Phi) is 6.88. The summed E-state index contributed by atoms with van der Waals surface area (Å²) in [6.45, 7) is 6.34. The van der Waals surface area contributed by atoms with Crippen molar-refractivity contribution in [3.8, 4) is 50.7 Å². The molecule has 3 nitrogen and oxygen atoms in total. The van der Waals surface area contributed by atoms with Crippen molar-refractivity contribution in [1.82, 2.24) is 14.5 Å². The van der Waals surface area contributed by atoms with Gasteiger partial charge in [-0.15, -0.1) is 0 Å². The number of nitrogens with zero attached hydrogens (tertiary/aromatic N) is 3. The van der Waals surface area contributed by atoms with Gasteiger partial charge in [0.25, 0.3) is 0 Å². The first kappa shape index (κ1) is 30.9. The number of aromatic nitrogens is 3. The first-order valence-electron chi connectivity index (χ1n) is 18.3. The summed E-state index contributed by atoms with van der Waals surface area (Å²) >= 11 is 0. The number of halogens is 1. The van der Waals surface area contributed by atoms with Crippen LogP contribution < -0.4 is 10.4 Å². The van der Waals surface area contributed by atoms with Gasteiger partial charge in [-0.3, -0.25) is 0 Å². The van der Waals surface area contributed by atoms with Gasteiger partial charge in [0, 0.05) is 33.2 Å². The molecule has 10 rings (SSSR count). The van der Waals surface area contributed by atoms with Crippen molar-refractivity contribution in [2.45, 2.75) is 38.5 Å². The van der Waals surface area contributed by atoms with E-state index in [4.69, 9.17) is 9.97 Å². The normalized spacial score (nSPS) is 18.2. The van der Waals surface area contributed by atoms with E-state index in [1.165, 1.54) is 44.1 Å². The Bertz CT molecular complexity index is 2680. The first-order valence-corrected chi connectivity index (χ1v) is 18.3. The Morgan fingerprint density at radius 2 is 1.48 bits per heavy atom. The van der Waals surface area contributed by atoms with Crippen molar-refractivity contribution in [3.63, 3.8) is 0 Å². The van der Waals surface area contributed by atoms with Crippen molar-refractivity contribution >= 4 is 28.6 Å². The summed E-state index contributed by atoms with van der Waals surface area (Å²) in [6, 6.07) is 42.4. The van der Waals surface area contributed by atoms with Gasteiger partial charge in [0.1, 0.15) is 6.67 Å². The Labute approximate surface area is 303 Å². The largest absolute Gasteiger partial charge is 0.310 e. The van der Waals surface area contributed by atoms with E-state index in [1.54, 1.807) is 6.08 Å². The standard InChI is InChI=1S/C48H38FN3/c1-29-43-34(23-24-49)27-42-46(45(43)36-19-10-11-20-38(36)48(29,2)3)44-37-26-32(37)21-22-41(44)52(42)35-18-12-17-33(25-35)40-28-39(30-13-6-4-7-14-30)50-47(51-40)31-15-8-5-9-16-31/h4-23,25,27-28,32,37H,24,26H2,1-3H3/b34-23-. The van der Waals surface area contributed by atoms with Gasteiger partial charge in [0.15, 0.2) is 5.82 Å². The average Bonchev–Trinajstić information content (AvgIpc) is 3.91. The molecule has 7 aromatic rings. The molecule has 52 heavy (non-hydrogen) atoms. The van der Waals surface area contributed by atoms with Crippen LogP contribution in [0.2, 0.25) is 0 Å². The molecule has 0 N–H and O–H groups in total. The third-order valence-electron chi connectivity index (χ3n) is 11.8. The molecule has 0 bridgehead atoms. The van der Waals surface area contributed by atoms with Gasteiger partial charge in [-0.05, 0) is 94.3 Å². The molecule has 0 saturated heterocycles. The first-order chi connectivity index (χ1) is 25.4. The molecule has 2 atom stereocenters. The maximum atomic E-state index is 14.4. The molecular formula is C48H38FN3. The second-order valence-electron chi connectivity index (χ2n) is 15.0. The van der Waals surface area contributed by atoms with Gasteiger partial charge in [0.05, 0.1) is 22.6 Å². The fourth-order valence-corrected chi connectivity index (χ4v) is 8.86. The molecular weight excluding hydrogens is 638 g/mol. The molecule has 252 valence electrons. The molecule has 3 aliphatic rings. The summed E-state index contributed by atoms with van der Waals surface area (Å²) in [6.07, 6.45) is 7.66. The van der Waals surface area contributed by atoms with Gasteiger partial charge in [-0.1, -0.05) is 123 Å². The van der Waals surface area contributed by atoms with E-state index in [9.17, 15) is 4.39 Å². The van der Waals surface area contributed by atoms with E-state index in [2.05, 4.69) is 122 Å². The van der Waals surface area contributed by atoms with Crippen LogP contribution in [0, 0.1) is 5.92 Å². The Hall–Kier alpha value is -5.87. The van der Waals surface area contributed by atoms with Crippen LogP contribution in [0.15, 0.2) is 127 Å². The molecule has 0 radical (unpaired) electrons. The smallest absolute Gasteiger partial charge is 0.160 e. The highest BCUT2D eigenvalue weighted by Crippen LogP contribution is 2.57. The number of fused-ring (bicyclic) bond motifs is 9. The van der Waals surface area contributed by atoms with Crippen molar-refractivity contribution in [2.75, 3.05) is 6.67 Å². The molecule has 0 aliphatic heterocycles. The molecule has 2 aromatic heterocycles. The minimum absolute atomic E-state index is 0.177. The van der Waals surface area contributed by atoms with Crippen molar-refractivity contribution in [1.29, 1.82) is 0 Å². The summed E-state index contributed by atoms with van der Waals surface area (Å²) in [5.41, 5.74) is 14.6. The lowest BCUT2D eigenvalue weighted by Crippen LogP contribution is -2.38. The highest BCUT2D eigenvalue weighted by Gasteiger charge is 2.44. The molecule has 0 spiro atoms. The number of allylic oxidation sites excluding steroid dienone is 1. The minimum Gasteiger partial charge on any atom is -0.310 e. The third-order valence-corrected chi connectivity index (χ3v) is 11.8. The summed E-state index contributed by atoms with van der Waals surface area (Å²) in [5.74, 6) is 1.75. The molecule has 2 heterocycles. The zero-order valence-corrected chi connectivity index (χ0v) is 29.6. The number of alkyl halides is 1. The number of hydrogen-bond acceptors (Lipinski definition) is 2. The van der Waals surface area contributed by atoms with E-state index < -0.39 is 6.67 Å². The van der Waals surface area contributed by atoms with Crippen LogP contribution in [-0.4, -0.2) is 21.2 Å². The van der Waals surface area contributed by atoms with Crippen LogP contribution in [-0.2, 0) is 5.41 Å². The molecule has 0 amide bonds. The van der Waals surface area contributed by atoms with Gasteiger partial charge in [0.2, 0.25) is 0 Å². The van der Waals surface area contributed by atoms with E-state index in [0.717, 1.165) is 50.9 Å². The lowest BCUT2D eigenvalue weighted by atomic mass is 9.69. The quantitative estimate of drug-likeness (QED) is 0.182. The fourth-order valence-electron chi connectivity index (χ4n) is 8.86. The summed E-state index contributed by atoms with van der Waals surface area (Å²) in [4.78, 5) is 10.2. The molecule has 4 heteroatoms. The second-order valence-corrected chi connectivity index (χ2v) is 15.0. The number of rotatable bonds is 5. The Morgan fingerprint density at radius 1 is 0.788 bits per heavy atom. The third kappa shape index (κ3) is 4.63. The van der Waals surface area contributed by atoms with Crippen LogP contribution in [0.25, 0.3) is 79.3 Å².